The summed E-state index contributed by atoms with van der Waals surface area (Å²) in [7, 11) is 0. The molecule has 222 valence electrons. The van der Waals surface area contributed by atoms with Crippen molar-refractivity contribution in [2.45, 2.75) is 37.5 Å². The minimum Gasteiger partial charge on any atom is -0.368 e. The normalized spacial score (nSPS) is 17.0. The average Bonchev–Trinajstić information content (AvgIpc) is 3.42. The maximum Gasteiger partial charge on any atom is 0.407 e. The van der Waals surface area contributed by atoms with E-state index in [9.17, 15) is 35.5 Å². The molecule has 0 saturated heterocycles. The van der Waals surface area contributed by atoms with Gasteiger partial charge in [-0.25, -0.2) is 37.2 Å². The molecule has 0 radical (unpaired) electrons. The number of aryl methyl sites for hydroxylation is 1. The highest BCUT2D eigenvalue weighted by Crippen LogP contribution is 2.50. The molecule has 4 aromatic rings. The fourth-order valence-electron chi connectivity index (χ4n) is 4.38. The number of rotatable bonds is 8. The van der Waals surface area contributed by atoms with E-state index in [0.29, 0.717) is 6.92 Å². The fourth-order valence-corrected chi connectivity index (χ4v) is 4.38. The first kappa shape index (κ1) is 29.1. The van der Waals surface area contributed by atoms with Gasteiger partial charge in [-0.15, -0.1) is 0 Å². The van der Waals surface area contributed by atoms with Crippen molar-refractivity contribution in [3.8, 4) is 11.5 Å². The van der Waals surface area contributed by atoms with Gasteiger partial charge in [-0.2, -0.15) is 18.3 Å². The van der Waals surface area contributed by atoms with Gasteiger partial charge in [0.05, 0.1) is 34.4 Å². The average molecular weight is 597 g/mol. The Morgan fingerprint density at radius 1 is 1.12 bits per heavy atom. The number of amides is 1. The number of hydrogen-bond acceptors (Lipinski definition) is 8. The number of alkyl halides is 5. The van der Waals surface area contributed by atoms with E-state index in [1.165, 1.54) is 29.9 Å². The van der Waals surface area contributed by atoms with Gasteiger partial charge < -0.3 is 16.4 Å². The maximum absolute atomic E-state index is 14.7. The first-order valence-electron chi connectivity index (χ1n) is 12.3. The third-order valence-electron chi connectivity index (χ3n) is 7.00. The molecule has 5 heterocycles. The fraction of sp³-hybridized carbons (Fsp3) is 0.360. The maximum atomic E-state index is 14.7. The van der Waals surface area contributed by atoms with Gasteiger partial charge in [0.25, 0.3) is 0 Å². The Hall–Kier alpha value is -4.41. The Morgan fingerprint density at radius 3 is 2.48 bits per heavy atom. The summed E-state index contributed by atoms with van der Waals surface area (Å²) >= 11 is 0. The molecule has 1 amide bonds. The van der Waals surface area contributed by atoms with Crippen LogP contribution >= 0.6 is 0 Å². The van der Waals surface area contributed by atoms with Crippen LogP contribution < -0.4 is 16.4 Å². The van der Waals surface area contributed by atoms with Crippen LogP contribution in [0.4, 0.5) is 42.4 Å². The molecule has 0 aliphatic carbocycles. The summed E-state index contributed by atoms with van der Waals surface area (Å²) in [5.74, 6) is -4.47. The zero-order valence-corrected chi connectivity index (χ0v) is 22.0. The summed E-state index contributed by atoms with van der Waals surface area (Å²) in [6.45, 7) is -1.74. The SMILES string of the molecule is Cc1nc2c(cc1F)c(-c1nc(NCC(N)(CF)CF)c3c(n1)NC(=O)C3(C)C(F)(F)F)nn2Cc1ncccc1F. The van der Waals surface area contributed by atoms with Gasteiger partial charge in [-0.1, -0.05) is 0 Å². The smallest absolute Gasteiger partial charge is 0.368 e. The Balaban J connectivity index is 1.73. The Labute approximate surface area is 232 Å². The third kappa shape index (κ3) is 4.66. The van der Waals surface area contributed by atoms with Gasteiger partial charge in [-0.3, -0.25) is 9.78 Å². The molecule has 0 fully saturated rings. The lowest BCUT2D eigenvalue weighted by atomic mass is 9.83. The van der Waals surface area contributed by atoms with Crippen LogP contribution in [-0.2, 0) is 16.8 Å². The molecule has 0 aromatic carbocycles. The van der Waals surface area contributed by atoms with E-state index in [-0.39, 0.29) is 34.7 Å². The predicted octanol–water partition coefficient (Wildman–Crippen LogP) is 3.74. The number of nitrogens with zero attached hydrogens (tertiary/aromatic N) is 6. The highest BCUT2D eigenvalue weighted by Gasteiger charge is 2.64. The van der Waals surface area contributed by atoms with Crippen LogP contribution in [0.3, 0.4) is 0 Å². The van der Waals surface area contributed by atoms with Crippen molar-refractivity contribution in [2.24, 2.45) is 5.73 Å². The summed E-state index contributed by atoms with van der Waals surface area (Å²) in [6.07, 6.45) is -3.78. The Bertz CT molecular complexity index is 1700. The summed E-state index contributed by atoms with van der Waals surface area (Å²) in [5.41, 5.74) is -0.557. The number of hydrogen-bond donors (Lipinski definition) is 3. The molecule has 1 aliphatic rings. The van der Waals surface area contributed by atoms with Gasteiger partial charge >= 0.3 is 6.18 Å². The number of fused-ring (bicyclic) bond motifs is 2. The van der Waals surface area contributed by atoms with Crippen LogP contribution in [0.5, 0.6) is 0 Å². The molecular weight excluding hydrogens is 575 g/mol. The van der Waals surface area contributed by atoms with E-state index in [1.807, 2.05) is 0 Å². The van der Waals surface area contributed by atoms with E-state index in [1.54, 1.807) is 0 Å². The molecule has 1 unspecified atom stereocenters. The highest BCUT2D eigenvalue weighted by atomic mass is 19.4. The van der Waals surface area contributed by atoms with Crippen molar-refractivity contribution in [1.82, 2.24) is 29.7 Å². The van der Waals surface area contributed by atoms with Gasteiger partial charge in [-0.05, 0) is 32.0 Å². The molecular formula is C25H22F7N9O. The minimum absolute atomic E-state index is 0.00364. The largest absolute Gasteiger partial charge is 0.407 e. The minimum atomic E-state index is -5.13. The van der Waals surface area contributed by atoms with Crippen molar-refractivity contribution in [3.05, 3.63) is 53.0 Å². The van der Waals surface area contributed by atoms with E-state index in [0.717, 1.165) is 6.07 Å². The topological polar surface area (TPSA) is 137 Å². The predicted molar refractivity (Wildman–Crippen MR) is 136 cm³/mol. The molecule has 0 spiro atoms. The van der Waals surface area contributed by atoms with Crippen LogP contribution in [0.25, 0.3) is 22.6 Å². The van der Waals surface area contributed by atoms with Crippen LogP contribution in [0.15, 0.2) is 24.4 Å². The van der Waals surface area contributed by atoms with E-state index < -0.39 is 77.6 Å². The van der Waals surface area contributed by atoms with Crippen LogP contribution in [0, 0.1) is 18.6 Å². The van der Waals surface area contributed by atoms with E-state index in [4.69, 9.17) is 5.73 Å². The van der Waals surface area contributed by atoms with Crippen LogP contribution in [0.1, 0.15) is 23.9 Å². The second-order valence-electron chi connectivity index (χ2n) is 10.0. The van der Waals surface area contributed by atoms with Gasteiger partial charge in [0.1, 0.15) is 42.3 Å². The van der Waals surface area contributed by atoms with Crippen LogP contribution in [-0.4, -0.2) is 67.2 Å². The number of carbonyl (C=O) groups excluding carboxylic acids is 1. The lowest BCUT2D eigenvalue weighted by molar-refractivity contribution is -0.186. The monoisotopic (exact) mass is 597 g/mol. The number of nitrogens with one attached hydrogen (secondary N) is 2. The molecule has 42 heavy (non-hydrogen) atoms. The summed E-state index contributed by atoms with van der Waals surface area (Å²) in [5, 5.41) is 8.86. The number of nitrogens with two attached hydrogens (primary N) is 1. The molecule has 0 saturated carbocycles. The number of carbonyl (C=O) groups is 1. The number of halogens is 7. The second kappa shape index (κ2) is 10.1. The van der Waals surface area contributed by atoms with Crippen molar-refractivity contribution >= 4 is 28.6 Å². The number of anilines is 2. The van der Waals surface area contributed by atoms with Crippen LogP contribution in [0.2, 0.25) is 0 Å². The number of pyridine rings is 2. The van der Waals surface area contributed by atoms with Gasteiger partial charge in [0.2, 0.25) is 5.91 Å². The molecule has 4 N–H and O–H groups in total. The van der Waals surface area contributed by atoms with Gasteiger partial charge in [0, 0.05) is 12.7 Å². The van der Waals surface area contributed by atoms with E-state index in [2.05, 4.69) is 35.7 Å². The Kier molecular flexibility index (Phi) is 7.03. The summed E-state index contributed by atoms with van der Waals surface area (Å²) < 4.78 is 99.8. The lowest BCUT2D eigenvalue weighted by Gasteiger charge is -2.28. The van der Waals surface area contributed by atoms with Crippen molar-refractivity contribution in [2.75, 3.05) is 30.5 Å². The molecule has 5 rings (SSSR count). The zero-order chi connectivity index (χ0) is 30.6. The highest BCUT2D eigenvalue weighted by molar-refractivity contribution is 6.07. The zero-order valence-electron chi connectivity index (χ0n) is 22.0. The number of aromatic nitrogens is 6. The third-order valence-corrected chi connectivity index (χ3v) is 7.00. The molecule has 10 nitrogen and oxygen atoms in total. The summed E-state index contributed by atoms with van der Waals surface area (Å²) in [4.78, 5) is 29.0. The standard InChI is InChI=1S/C25H22F7N9O/c1-11-14(29)6-12-17(40-41(21(12)36-11)7-15-13(28)4-3-5-34-15)20-37-18(35-10-24(33,8-26)9-27)16-19(38-20)39-22(42)23(16,2)25(30,31)32/h3-6H,7-10,33H2,1-2H3,(H2,35,37,38,39,42). The first-order chi connectivity index (χ1) is 19.7. The Morgan fingerprint density at radius 2 is 1.83 bits per heavy atom. The van der Waals surface area contributed by atoms with Gasteiger partial charge in [0.15, 0.2) is 16.9 Å². The lowest BCUT2D eigenvalue weighted by Crippen LogP contribution is -2.51. The molecule has 4 aromatic heterocycles. The van der Waals surface area contributed by atoms with Crippen molar-refractivity contribution < 1.29 is 35.5 Å². The molecule has 17 heteroatoms. The first-order valence-corrected chi connectivity index (χ1v) is 12.3. The van der Waals surface area contributed by atoms with Crippen molar-refractivity contribution in [3.63, 3.8) is 0 Å². The second-order valence-corrected chi connectivity index (χ2v) is 10.0. The molecule has 1 atom stereocenters. The molecule has 1 aliphatic heterocycles. The van der Waals surface area contributed by atoms with Crippen molar-refractivity contribution in [1.29, 1.82) is 0 Å². The quantitative estimate of drug-likeness (QED) is 0.262. The molecule has 0 bridgehead atoms. The van der Waals surface area contributed by atoms with E-state index >= 15 is 0 Å². The summed E-state index contributed by atoms with van der Waals surface area (Å²) in [6, 6.07) is 3.59.